The third-order valence-electron chi connectivity index (χ3n) is 4.28. The molecule has 0 amide bonds. The number of rotatable bonds is 2. The highest BCUT2D eigenvalue weighted by Gasteiger charge is 2.11. The lowest BCUT2D eigenvalue weighted by molar-refractivity contribution is 0.632. The van der Waals surface area contributed by atoms with Crippen LogP contribution in [0.1, 0.15) is 0 Å². The highest BCUT2D eigenvalue weighted by molar-refractivity contribution is 5.91. The Balaban J connectivity index is 1.82. The van der Waals surface area contributed by atoms with E-state index in [9.17, 15) is 9.59 Å². The molecule has 0 saturated heterocycles. The number of nitrogens with zero attached hydrogens (tertiary/aromatic N) is 7. The van der Waals surface area contributed by atoms with E-state index in [0.29, 0.717) is 27.6 Å². The second-order valence-corrected chi connectivity index (χ2v) is 5.84. The van der Waals surface area contributed by atoms with Crippen LogP contribution in [-0.2, 0) is 0 Å². The molecule has 0 aliphatic rings. The molecule has 5 aromatic heterocycles. The van der Waals surface area contributed by atoms with E-state index in [0.717, 1.165) is 0 Å². The highest BCUT2D eigenvalue weighted by atomic mass is 16.1. The molecule has 130 valence electrons. The van der Waals surface area contributed by atoms with Crippen molar-refractivity contribution in [3.05, 3.63) is 88.4 Å². The minimum atomic E-state index is -0.325. The van der Waals surface area contributed by atoms with Crippen molar-refractivity contribution in [3.8, 4) is 5.82 Å². The monoisotopic (exact) mass is 357 g/mol. The lowest BCUT2D eigenvalue weighted by Crippen LogP contribution is -2.25. The fourth-order valence-electron chi connectivity index (χ4n) is 2.98. The molecule has 0 aromatic carbocycles. The van der Waals surface area contributed by atoms with E-state index in [2.05, 4.69) is 20.2 Å². The van der Waals surface area contributed by atoms with Gasteiger partial charge in [-0.15, -0.1) is 10.2 Å². The summed E-state index contributed by atoms with van der Waals surface area (Å²) in [6, 6.07) is 10.3. The first kappa shape index (κ1) is 15.1. The van der Waals surface area contributed by atoms with Crippen LogP contribution in [0.3, 0.4) is 0 Å². The molecule has 9 nitrogen and oxygen atoms in total. The van der Waals surface area contributed by atoms with E-state index in [4.69, 9.17) is 0 Å². The van der Waals surface area contributed by atoms with Crippen molar-refractivity contribution in [1.29, 1.82) is 0 Å². The fraction of sp³-hybridized carbons (Fsp3) is 0. The molecule has 5 rings (SSSR count). The Hall–Kier alpha value is -4.14. The molecule has 0 fully saturated rings. The van der Waals surface area contributed by atoms with E-state index in [-0.39, 0.29) is 11.1 Å². The van der Waals surface area contributed by atoms with E-state index in [1.807, 2.05) is 0 Å². The van der Waals surface area contributed by atoms with Gasteiger partial charge in [-0.25, -0.2) is 19.3 Å². The van der Waals surface area contributed by atoms with Crippen LogP contribution in [0.5, 0.6) is 0 Å². The molecule has 0 atom stereocenters. The van der Waals surface area contributed by atoms with Crippen molar-refractivity contribution >= 4 is 21.8 Å². The highest BCUT2D eigenvalue weighted by Crippen LogP contribution is 2.15. The SMILES string of the molecule is O=c1c2cc3c(=O)n(-n4cnnc4)ccc3nc2ccn1-c1ccccn1. The summed E-state index contributed by atoms with van der Waals surface area (Å²) >= 11 is 0. The van der Waals surface area contributed by atoms with Gasteiger partial charge in [0.05, 0.1) is 21.8 Å². The van der Waals surface area contributed by atoms with Crippen molar-refractivity contribution in [2.45, 2.75) is 0 Å². The second-order valence-electron chi connectivity index (χ2n) is 5.84. The van der Waals surface area contributed by atoms with Gasteiger partial charge in [0, 0.05) is 18.6 Å². The topological polar surface area (TPSA) is 100 Å². The Kier molecular flexibility index (Phi) is 3.20. The van der Waals surface area contributed by atoms with Gasteiger partial charge in [-0.2, -0.15) is 0 Å². The first-order valence-corrected chi connectivity index (χ1v) is 8.07. The summed E-state index contributed by atoms with van der Waals surface area (Å²) in [6.45, 7) is 0. The van der Waals surface area contributed by atoms with Crippen LogP contribution in [0.15, 0.2) is 77.2 Å². The average Bonchev–Trinajstić information content (AvgIpc) is 3.23. The average molecular weight is 357 g/mol. The number of aromatic nitrogens is 7. The van der Waals surface area contributed by atoms with E-state index >= 15 is 0 Å². The summed E-state index contributed by atoms with van der Waals surface area (Å²) in [5.74, 6) is 0.499. The Bertz CT molecular complexity index is 1400. The van der Waals surface area contributed by atoms with Crippen LogP contribution in [-0.4, -0.2) is 34.1 Å². The van der Waals surface area contributed by atoms with Gasteiger partial charge in [0.15, 0.2) is 0 Å². The largest absolute Gasteiger partial charge is 0.279 e. The van der Waals surface area contributed by atoms with Gasteiger partial charge in [0.25, 0.3) is 11.1 Å². The molecule has 0 unspecified atom stereocenters. The van der Waals surface area contributed by atoms with Crippen molar-refractivity contribution in [2.24, 2.45) is 0 Å². The maximum Gasteiger partial charge on any atom is 0.279 e. The maximum absolute atomic E-state index is 12.9. The molecule has 0 aliphatic carbocycles. The number of pyridine rings is 4. The molecule has 0 radical (unpaired) electrons. The molecule has 0 aliphatic heterocycles. The molecule has 0 bridgehead atoms. The zero-order valence-electron chi connectivity index (χ0n) is 13.8. The van der Waals surface area contributed by atoms with Crippen molar-refractivity contribution in [3.63, 3.8) is 0 Å². The van der Waals surface area contributed by atoms with E-state index in [1.165, 1.54) is 26.6 Å². The predicted octanol–water partition coefficient (Wildman–Crippen LogP) is 0.998. The number of hydrogen-bond donors (Lipinski definition) is 0. The molecular weight excluding hydrogens is 346 g/mol. The Labute approximate surface area is 150 Å². The van der Waals surface area contributed by atoms with Crippen molar-refractivity contribution < 1.29 is 0 Å². The maximum atomic E-state index is 12.9. The van der Waals surface area contributed by atoms with Gasteiger partial charge in [-0.05, 0) is 30.3 Å². The molecule has 5 heterocycles. The van der Waals surface area contributed by atoms with Crippen LogP contribution in [0.4, 0.5) is 0 Å². The molecular formula is C18H11N7O2. The molecule has 5 aromatic rings. The zero-order valence-corrected chi connectivity index (χ0v) is 13.8. The summed E-state index contributed by atoms with van der Waals surface area (Å²) < 4.78 is 4.22. The van der Waals surface area contributed by atoms with Crippen LogP contribution in [0.2, 0.25) is 0 Å². The third-order valence-corrected chi connectivity index (χ3v) is 4.28. The molecule has 9 heteroatoms. The summed E-state index contributed by atoms with van der Waals surface area (Å²) in [5.41, 5.74) is 0.405. The molecule has 0 spiro atoms. The first-order valence-electron chi connectivity index (χ1n) is 8.07. The standard InChI is InChI=1S/C18H11N7O2/c26-17-12-9-13-15(5-8-25(18(13)27)23-10-20-21-11-23)22-14(12)4-7-24(17)16-3-1-2-6-19-16/h1-11H. The normalized spacial score (nSPS) is 11.3. The van der Waals surface area contributed by atoms with Gasteiger partial charge in [0.1, 0.15) is 18.5 Å². The number of hydrogen-bond acceptors (Lipinski definition) is 6. The third kappa shape index (κ3) is 2.33. The lowest BCUT2D eigenvalue weighted by Gasteiger charge is -2.09. The minimum Gasteiger partial charge on any atom is -0.268 e. The summed E-state index contributed by atoms with van der Waals surface area (Å²) in [7, 11) is 0. The van der Waals surface area contributed by atoms with Gasteiger partial charge in [-0.1, -0.05) is 6.07 Å². The first-order chi connectivity index (χ1) is 13.2. The minimum absolute atomic E-state index is 0.292. The molecule has 0 saturated carbocycles. The van der Waals surface area contributed by atoms with Gasteiger partial charge in [-0.3, -0.25) is 14.2 Å². The van der Waals surface area contributed by atoms with Crippen LogP contribution in [0.25, 0.3) is 27.6 Å². The van der Waals surface area contributed by atoms with Gasteiger partial charge >= 0.3 is 0 Å². The quantitative estimate of drug-likeness (QED) is 0.437. The van der Waals surface area contributed by atoms with E-state index in [1.54, 1.807) is 55.0 Å². The Morgan fingerprint density at radius 1 is 0.815 bits per heavy atom. The van der Waals surface area contributed by atoms with Gasteiger partial charge < -0.3 is 0 Å². The summed E-state index contributed by atoms with van der Waals surface area (Å²) in [5, 5.41) is 8.08. The van der Waals surface area contributed by atoms with Crippen molar-refractivity contribution in [2.75, 3.05) is 0 Å². The van der Waals surface area contributed by atoms with Crippen LogP contribution < -0.4 is 11.1 Å². The smallest absolute Gasteiger partial charge is 0.268 e. The molecule has 27 heavy (non-hydrogen) atoms. The summed E-state index contributed by atoms with van der Waals surface area (Å²) in [4.78, 5) is 34.5. The molecule has 0 N–H and O–H groups in total. The second kappa shape index (κ2) is 5.70. The van der Waals surface area contributed by atoms with Crippen LogP contribution >= 0.6 is 0 Å². The fourth-order valence-corrected chi connectivity index (χ4v) is 2.98. The van der Waals surface area contributed by atoms with Crippen LogP contribution in [0, 0.1) is 0 Å². The predicted molar refractivity (Wildman–Crippen MR) is 97.7 cm³/mol. The zero-order chi connectivity index (χ0) is 18.4. The lowest BCUT2D eigenvalue weighted by atomic mass is 10.2. The number of fused-ring (bicyclic) bond motifs is 2. The van der Waals surface area contributed by atoms with Gasteiger partial charge in [0.2, 0.25) is 0 Å². The Morgan fingerprint density at radius 3 is 2.30 bits per heavy atom. The van der Waals surface area contributed by atoms with Crippen molar-refractivity contribution in [1.82, 2.24) is 34.1 Å². The summed E-state index contributed by atoms with van der Waals surface area (Å²) in [6.07, 6.45) is 7.65. The Morgan fingerprint density at radius 2 is 1.56 bits per heavy atom. The van der Waals surface area contributed by atoms with E-state index < -0.39 is 0 Å².